The van der Waals surface area contributed by atoms with Gasteiger partial charge in [0.15, 0.2) is 5.78 Å². The number of aryl methyl sites for hydroxylation is 1. The Kier molecular flexibility index (Phi) is 3.57. The highest BCUT2D eigenvalue weighted by Crippen LogP contribution is 2.36. The average molecular weight is 318 g/mol. The van der Waals surface area contributed by atoms with Crippen molar-refractivity contribution in [3.63, 3.8) is 0 Å². The molecular weight excluding hydrogens is 300 g/mol. The Morgan fingerprint density at radius 2 is 1.92 bits per heavy atom. The maximum atomic E-state index is 12.8. The van der Waals surface area contributed by atoms with Gasteiger partial charge in [-0.15, -0.1) is 0 Å². The second kappa shape index (κ2) is 5.75. The summed E-state index contributed by atoms with van der Waals surface area (Å²) in [5.74, 6) is -0.300. The van der Waals surface area contributed by atoms with E-state index in [0.717, 1.165) is 29.5 Å². The first-order chi connectivity index (χ1) is 11.7. The van der Waals surface area contributed by atoms with Crippen LogP contribution in [0, 0.1) is 0 Å². The minimum Gasteiger partial charge on any atom is -0.465 e. The van der Waals surface area contributed by atoms with Gasteiger partial charge in [-0.25, -0.2) is 4.79 Å². The quantitative estimate of drug-likeness (QED) is 0.625. The van der Waals surface area contributed by atoms with Gasteiger partial charge >= 0.3 is 5.97 Å². The minimum atomic E-state index is -0.383. The number of Topliss-reactive ketones (excluding diaryl/α,β-unsaturated/α-hetero) is 1. The van der Waals surface area contributed by atoms with E-state index in [0.29, 0.717) is 12.0 Å². The topological polar surface area (TPSA) is 43.4 Å². The van der Waals surface area contributed by atoms with Gasteiger partial charge in [-0.2, -0.15) is 0 Å². The molecule has 3 nitrogen and oxygen atoms in total. The first-order valence-corrected chi connectivity index (χ1v) is 8.25. The van der Waals surface area contributed by atoms with Crippen molar-refractivity contribution in [1.29, 1.82) is 0 Å². The molecule has 120 valence electrons. The van der Waals surface area contributed by atoms with Crippen LogP contribution in [0.5, 0.6) is 0 Å². The van der Waals surface area contributed by atoms with E-state index < -0.39 is 0 Å². The number of carbonyl (C=O) groups excluding carboxylic acids is 2. The van der Waals surface area contributed by atoms with Gasteiger partial charge in [-0.05, 0) is 53.7 Å². The van der Waals surface area contributed by atoms with Crippen molar-refractivity contribution in [2.24, 2.45) is 0 Å². The SMILES string of the molecule is COC(=O)c1ccccc1/C=C1/Cc2c(ccc3c2CCC3)C1=O. The Morgan fingerprint density at radius 1 is 1.08 bits per heavy atom. The number of ketones is 1. The van der Waals surface area contributed by atoms with Crippen LogP contribution in [-0.2, 0) is 24.0 Å². The van der Waals surface area contributed by atoms with Gasteiger partial charge in [-0.3, -0.25) is 4.79 Å². The van der Waals surface area contributed by atoms with E-state index in [1.54, 1.807) is 12.1 Å². The zero-order valence-electron chi connectivity index (χ0n) is 13.6. The summed E-state index contributed by atoms with van der Waals surface area (Å²) in [6.45, 7) is 0. The molecule has 0 unspecified atom stereocenters. The summed E-state index contributed by atoms with van der Waals surface area (Å²) in [7, 11) is 1.37. The summed E-state index contributed by atoms with van der Waals surface area (Å²) in [6, 6.07) is 11.3. The highest BCUT2D eigenvalue weighted by molar-refractivity contribution is 6.16. The fourth-order valence-corrected chi connectivity index (χ4v) is 3.82. The predicted octanol–water partition coefficient (Wildman–Crippen LogP) is 3.78. The number of hydrogen-bond donors (Lipinski definition) is 0. The number of allylic oxidation sites excluding steroid dienone is 1. The molecule has 0 radical (unpaired) electrons. The van der Waals surface area contributed by atoms with E-state index in [1.165, 1.54) is 30.2 Å². The molecule has 2 aliphatic rings. The number of esters is 1. The molecule has 3 heteroatoms. The van der Waals surface area contributed by atoms with Crippen LogP contribution in [0.4, 0.5) is 0 Å². The molecule has 4 rings (SSSR count). The fraction of sp³-hybridized carbons (Fsp3) is 0.238. The summed E-state index contributed by atoms with van der Waals surface area (Å²) >= 11 is 0. The Morgan fingerprint density at radius 3 is 2.75 bits per heavy atom. The van der Waals surface area contributed by atoms with Crippen LogP contribution in [0.3, 0.4) is 0 Å². The third-order valence-electron chi connectivity index (χ3n) is 5.00. The number of carbonyl (C=O) groups is 2. The number of fused-ring (bicyclic) bond motifs is 3. The molecule has 0 spiro atoms. The lowest BCUT2D eigenvalue weighted by Gasteiger charge is -2.05. The summed E-state index contributed by atoms with van der Waals surface area (Å²) in [6.07, 6.45) is 5.85. The number of rotatable bonds is 2. The van der Waals surface area contributed by atoms with Crippen molar-refractivity contribution in [3.8, 4) is 0 Å². The van der Waals surface area contributed by atoms with E-state index in [2.05, 4.69) is 6.07 Å². The zero-order chi connectivity index (χ0) is 16.7. The molecule has 0 saturated heterocycles. The fourth-order valence-electron chi connectivity index (χ4n) is 3.82. The third-order valence-corrected chi connectivity index (χ3v) is 5.00. The first kappa shape index (κ1) is 14.9. The monoisotopic (exact) mass is 318 g/mol. The molecule has 0 atom stereocenters. The Hall–Kier alpha value is -2.68. The Bertz CT molecular complexity index is 890. The van der Waals surface area contributed by atoms with Gasteiger partial charge in [0.1, 0.15) is 0 Å². The molecule has 2 aromatic carbocycles. The van der Waals surface area contributed by atoms with Gasteiger partial charge in [0.2, 0.25) is 0 Å². The lowest BCUT2D eigenvalue weighted by Crippen LogP contribution is -2.04. The van der Waals surface area contributed by atoms with Crippen LogP contribution in [0.25, 0.3) is 6.08 Å². The number of benzene rings is 2. The van der Waals surface area contributed by atoms with Crippen LogP contribution in [0.15, 0.2) is 42.0 Å². The zero-order valence-corrected chi connectivity index (χ0v) is 13.6. The van der Waals surface area contributed by atoms with Crippen LogP contribution in [0.2, 0.25) is 0 Å². The van der Waals surface area contributed by atoms with Gasteiger partial charge in [-0.1, -0.05) is 30.3 Å². The van der Waals surface area contributed by atoms with Gasteiger partial charge in [0.05, 0.1) is 12.7 Å². The molecule has 0 aliphatic heterocycles. The van der Waals surface area contributed by atoms with Crippen LogP contribution in [-0.4, -0.2) is 18.9 Å². The smallest absolute Gasteiger partial charge is 0.338 e. The van der Waals surface area contributed by atoms with E-state index in [-0.39, 0.29) is 11.8 Å². The van der Waals surface area contributed by atoms with E-state index in [9.17, 15) is 9.59 Å². The maximum absolute atomic E-state index is 12.8. The third kappa shape index (κ3) is 2.28. The lowest BCUT2D eigenvalue weighted by molar-refractivity contribution is 0.0600. The molecular formula is C21H18O3. The molecule has 0 saturated carbocycles. The molecule has 2 aromatic rings. The molecule has 0 fully saturated rings. The molecule has 0 N–H and O–H groups in total. The van der Waals surface area contributed by atoms with Gasteiger partial charge in [0.25, 0.3) is 0 Å². The molecule has 0 aromatic heterocycles. The van der Waals surface area contributed by atoms with Crippen molar-refractivity contribution in [3.05, 3.63) is 75.4 Å². The minimum absolute atomic E-state index is 0.0827. The summed E-state index contributed by atoms with van der Waals surface area (Å²) < 4.78 is 4.84. The van der Waals surface area contributed by atoms with E-state index in [1.807, 2.05) is 24.3 Å². The van der Waals surface area contributed by atoms with E-state index >= 15 is 0 Å². The highest BCUT2D eigenvalue weighted by Gasteiger charge is 2.29. The van der Waals surface area contributed by atoms with Crippen molar-refractivity contribution in [2.75, 3.05) is 7.11 Å². The molecule has 2 aliphatic carbocycles. The first-order valence-electron chi connectivity index (χ1n) is 8.25. The summed E-state index contributed by atoms with van der Waals surface area (Å²) in [4.78, 5) is 24.7. The summed E-state index contributed by atoms with van der Waals surface area (Å²) in [5, 5.41) is 0. The molecule has 0 bridgehead atoms. The maximum Gasteiger partial charge on any atom is 0.338 e. The number of ether oxygens (including phenoxy) is 1. The highest BCUT2D eigenvalue weighted by atomic mass is 16.5. The van der Waals surface area contributed by atoms with E-state index in [4.69, 9.17) is 4.74 Å². The van der Waals surface area contributed by atoms with Crippen molar-refractivity contribution < 1.29 is 14.3 Å². The second-order valence-electron chi connectivity index (χ2n) is 6.34. The van der Waals surface area contributed by atoms with Crippen LogP contribution >= 0.6 is 0 Å². The van der Waals surface area contributed by atoms with Crippen LogP contribution in [0.1, 0.15) is 49.4 Å². The largest absolute Gasteiger partial charge is 0.465 e. The van der Waals surface area contributed by atoms with Crippen molar-refractivity contribution in [2.45, 2.75) is 25.7 Å². The number of methoxy groups -OCH3 is 1. The normalized spacial score (nSPS) is 17.0. The van der Waals surface area contributed by atoms with Crippen molar-refractivity contribution in [1.82, 2.24) is 0 Å². The van der Waals surface area contributed by atoms with Gasteiger partial charge < -0.3 is 4.74 Å². The Balaban J connectivity index is 1.76. The number of hydrogen-bond acceptors (Lipinski definition) is 3. The molecule has 0 heterocycles. The predicted molar refractivity (Wildman–Crippen MR) is 92.3 cm³/mol. The standard InChI is InChI=1S/C21H18O3/c1-24-21(23)17-7-3-2-5-14(17)11-15-12-19-16-8-4-6-13(16)9-10-18(19)20(15)22/h2-3,5,7,9-11H,4,6,8,12H2,1H3/b15-11-. The summed E-state index contributed by atoms with van der Waals surface area (Å²) in [5.41, 5.74) is 6.75. The van der Waals surface area contributed by atoms with Crippen LogP contribution < -0.4 is 0 Å². The molecule has 0 amide bonds. The molecule has 24 heavy (non-hydrogen) atoms. The lowest BCUT2D eigenvalue weighted by atomic mass is 9.99. The second-order valence-corrected chi connectivity index (χ2v) is 6.34. The Labute approximate surface area is 141 Å². The average Bonchev–Trinajstić information content (AvgIpc) is 3.20. The van der Waals surface area contributed by atoms with Gasteiger partial charge in [0, 0.05) is 17.6 Å². The van der Waals surface area contributed by atoms with Crippen molar-refractivity contribution >= 4 is 17.8 Å².